The lowest BCUT2D eigenvalue weighted by atomic mass is 10.1. The van der Waals surface area contributed by atoms with Crippen molar-refractivity contribution in [2.75, 3.05) is 0 Å². The lowest BCUT2D eigenvalue weighted by Gasteiger charge is -2.13. The molecular formula is C14H22N2O2. The SMILES string of the molecule is CC(C)C/C=C\C[C@H]1CCCCc2noc(=O)n21. The Morgan fingerprint density at radius 3 is 3.06 bits per heavy atom. The van der Waals surface area contributed by atoms with Gasteiger partial charge in [0.05, 0.1) is 0 Å². The molecule has 0 fully saturated rings. The molecule has 0 spiro atoms. The number of aromatic nitrogens is 2. The molecule has 0 aromatic carbocycles. The number of hydrogen-bond acceptors (Lipinski definition) is 3. The highest BCUT2D eigenvalue weighted by molar-refractivity contribution is 4.95. The van der Waals surface area contributed by atoms with Gasteiger partial charge >= 0.3 is 5.76 Å². The number of hydrogen-bond donors (Lipinski definition) is 0. The van der Waals surface area contributed by atoms with Crippen molar-refractivity contribution < 1.29 is 4.52 Å². The molecule has 4 nitrogen and oxygen atoms in total. The van der Waals surface area contributed by atoms with E-state index >= 15 is 0 Å². The maximum atomic E-state index is 11.7. The highest BCUT2D eigenvalue weighted by atomic mass is 16.5. The van der Waals surface area contributed by atoms with Crippen LogP contribution in [-0.2, 0) is 6.42 Å². The van der Waals surface area contributed by atoms with Crippen molar-refractivity contribution in [1.29, 1.82) is 0 Å². The first kappa shape index (κ1) is 13.1. The van der Waals surface area contributed by atoms with Gasteiger partial charge < -0.3 is 0 Å². The highest BCUT2D eigenvalue weighted by Crippen LogP contribution is 2.24. The zero-order valence-electron chi connectivity index (χ0n) is 11.3. The first-order chi connectivity index (χ1) is 8.68. The second-order valence-corrected chi connectivity index (χ2v) is 5.47. The molecule has 18 heavy (non-hydrogen) atoms. The van der Waals surface area contributed by atoms with Crippen molar-refractivity contribution in [3.05, 3.63) is 28.5 Å². The van der Waals surface area contributed by atoms with Crippen LogP contribution in [0.2, 0.25) is 0 Å². The Hall–Kier alpha value is -1.32. The van der Waals surface area contributed by atoms with Gasteiger partial charge in [0.2, 0.25) is 0 Å². The van der Waals surface area contributed by atoms with Crippen LogP contribution in [-0.4, -0.2) is 9.72 Å². The fourth-order valence-corrected chi connectivity index (χ4v) is 2.45. The van der Waals surface area contributed by atoms with Gasteiger partial charge in [0.15, 0.2) is 5.82 Å². The lowest BCUT2D eigenvalue weighted by molar-refractivity contribution is 0.353. The van der Waals surface area contributed by atoms with Crippen molar-refractivity contribution in [2.24, 2.45) is 5.92 Å². The second-order valence-electron chi connectivity index (χ2n) is 5.47. The third-order valence-electron chi connectivity index (χ3n) is 3.44. The first-order valence-corrected chi connectivity index (χ1v) is 6.90. The number of rotatable bonds is 4. The third-order valence-corrected chi connectivity index (χ3v) is 3.44. The molecule has 0 unspecified atom stereocenters. The van der Waals surface area contributed by atoms with E-state index in [0.717, 1.165) is 44.3 Å². The van der Waals surface area contributed by atoms with Gasteiger partial charge in [-0.25, -0.2) is 4.79 Å². The molecule has 1 atom stereocenters. The summed E-state index contributed by atoms with van der Waals surface area (Å²) >= 11 is 0. The van der Waals surface area contributed by atoms with Crippen molar-refractivity contribution in [1.82, 2.24) is 9.72 Å². The summed E-state index contributed by atoms with van der Waals surface area (Å²) in [4.78, 5) is 11.7. The molecule has 0 amide bonds. The van der Waals surface area contributed by atoms with Crippen LogP contribution >= 0.6 is 0 Å². The van der Waals surface area contributed by atoms with Crippen LogP contribution in [0.4, 0.5) is 0 Å². The van der Waals surface area contributed by atoms with E-state index in [-0.39, 0.29) is 11.8 Å². The maximum Gasteiger partial charge on any atom is 0.441 e. The average Bonchev–Trinajstić information content (AvgIpc) is 2.58. The molecule has 2 heterocycles. The van der Waals surface area contributed by atoms with Gasteiger partial charge in [-0.15, -0.1) is 0 Å². The van der Waals surface area contributed by atoms with Crippen molar-refractivity contribution in [3.63, 3.8) is 0 Å². The fraction of sp³-hybridized carbons (Fsp3) is 0.714. The molecule has 1 aromatic rings. The quantitative estimate of drug-likeness (QED) is 0.771. The molecule has 0 aliphatic carbocycles. The van der Waals surface area contributed by atoms with E-state index in [0.29, 0.717) is 5.92 Å². The normalized spacial score (nSPS) is 20.3. The number of fused-ring (bicyclic) bond motifs is 1. The van der Waals surface area contributed by atoms with Crippen molar-refractivity contribution in [2.45, 2.75) is 58.4 Å². The van der Waals surface area contributed by atoms with Crippen LogP contribution in [0.5, 0.6) is 0 Å². The Kier molecular flexibility index (Phi) is 4.39. The van der Waals surface area contributed by atoms with E-state index in [1.165, 1.54) is 0 Å². The van der Waals surface area contributed by atoms with E-state index in [1.54, 1.807) is 4.57 Å². The summed E-state index contributed by atoms with van der Waals surface area (Å²) in [5.41, 5.74) is 0. The summed E-state index contributed by atoms with van der Waals surface area (Å²) in [6, 6.07) is 0.227. The summed E-state index contributed by atoms with van der Waals surface area (Å²) in [6.07, 6.45) is 10.6. The predicted molar refractivity (Wildman–Crippen MR) is 70.6 cm³/mol. The minimum Gasteiger partial charge on any atom is -0.296 e. The van der Waals surface area contributed by atoms with Gasteiger partial charge in [-0.3, -0.25) is 9.09 Å². The molecule has 1 aliphatic heterocycles. The Morgan fingerprint density at radius 2 is 2.28 bits per heavy atom. The maximum absolute atomic E-state index is 11.7. The van der Waals surface area contributed by atoms with E-state index in [4.69, 9.17) is 4.52 Å². The molecular weight excluding hydrogens is 228 g/mol. The molecule has 4 heteroatoms. The van der Waals surface area contributed by atoms with Gasteiger partial charge in [0.25, 0.3) is 0 Å². The van der Waals surface area contributed by atoms with E-state index in [9.17, 15) is 4.79 Å². The molecule has 0 radical (unpaired) electrons. The van der Waals surface area contributed by atoms with E-state index in [2.05, 4.69) is 31.2 Å². The Labute approximate surface area is 108 Å². The van der Waals surface area contributed by atoms with E-state index < -0.39 is 0 Å². The van der Waals surface area contributed by atoms with Crippen LogP contribution in [0.15, 0.2) is 21.5 Å². The molecule has 0 saturated carbocycles. The van der Waals surface area contributed by atoms with Gasteiger partial charge in [-0.05, 0) is 31.6 Å². The molecule has 0 saturated heterocycles. The molecule has 100 valence electrons. The summed E-state index contributed by atoms with van der Waals surface area (Å²) in [7, 11) is 0. The van der Waals surface area contributed by atoms with E-state index in [1.807, 2.05) is 0 Å². The van der Waals surface area contributed by atoms with Crippen LogP contribution < -0.4 is 5.76 Å². The van der Waals surface area contributed by atoms with Gasteiger partial charge in [-0.1, -0.05) is 37.6 Å². The third kappa shape index (κ3) is 3.12. The topological polar surface area (TPSA) is 48.0 Å². The van der Waals surface area contributed by atoms with Crippen molar-refractivity contribution >= 4 is 0 Å². The van der Waals surface area contributed by atoms with Crippen LogP contribution in [0.1, 0.15) is 57.8 Å². The second kappa shape index (κ2) is 6.03. The van der Waals surface area contributed by atoms with Gasteiger partial charge in [-0.2, -0.15) is 0 Å². The number of aryl methyl sites for hydroxylation is 1. The number of allylic oxidation sites excluding steroid dienone is 2. The Morgan fingerprint density at radius 1 is 1.44 bits per heavy atom. The monoisotopic (exact) mass is 250 g/mol. The average molecular weight is 250 g/mol. The molecule has 1 aliphatic rings. The predicted octanol–water partition coefficient (Wildman–Crippen LogP) is 3.10. The van der Waals surface area contributed by atoms with Crippen LogP contribution in [0, 0.1) is 5.92 Å². The largest absolute Gasteiger partial charge is 0.441 e. The molecule has 0 bridgehead atoms. The van der Waals surface area contributed by atoms with Gasteiger partial charge in [0.1, 0.15) is 0 Å². The Balaban J connectivity index is 2.06. The van der Waals surface area contributed by atoms with Crippen molar-refractivity contribution in [3.8, 4) is 0 Å². The fourth-order valence-electron chi connectivity index (χ4n) is 2.45. The smallest absolute Gasteiger partial charge is 0.296 e. The van der Waals surface area contributed by atoms with Crippen LogP contribution in [0.25, 0.3) is 0 Å². The zero-order valence-corrected chi connectivity index (χ0v) is 11.3. The number of nitrogens with zero attached hydrogens (tertiary/aromatic N) is 2. The van der Waals surface area contributed by atoms with Gasteiger partial charge in [0, 0.05) is 12.5 Å². The highest BCUT2D eigenvalue weighted by Gasteiger charge is 2.21. The molecule has 2 rings (SSSR count). The summed E-state index contributed by atoms with van der Waals surface area (Å²) < 4.78 is 6.54. The molecule has 1 aromatic heterocycles. The molecule has 0 N–H and O–H groups in total. The lowest BCUT2D eigenvalue weighted by Crippen LogP contribution is -2.21. The summed E-state index contributed by atoms with van der Waals surface area (Å²) in [5, 5.41) is 3.87. The summed E-state index contributed by atoms with van der Waals surface area (Å²) in [5.74, 6) is 1.21. The Bertz CT molecular complexity index is 457. The van der Waals surface area contributed by atoms with Crippen LogP contribution in [0.3, 0.4) is 0 Å². The first-order valence-electron chi connectivity index (χ1n) is 6.90. The minimum atomic E-state index is -0.297. The minimum absolute atomic E-state index is 0.227. The zero-order chi connectivity index (χ0) is 13.0. The summed E-state index contributed by atoms with van der Waals surface area (Å²) in [6.45, 7) is 4.41. The standard InChI is InChI=1S/C14H22N2O2/c1-11(2)7-3-4-8-12-9-5-6-10-13-15-18-14(17)16(12)13/h3-4,11-12H,5-10H2,1-2H3/b4-3-/t12-/m0/s1.